The van der Waals surface area contributed by atoms with Gasteiger partial charge in [0.15, 0.2) is 0 Å². The second kappa shape index (κ2) is 7.28. The lowest BCUT2D eigenvalue weighted by molar-refractivity contribution is -0.140. The topological polar surface area (TPSA) is 95.5 Å². The Morgan fingerprint density at radius 3 is 2.55 bits per heavy atom. The molecule has 108 valence electrons. The maximum absolute atomic E-state index is 11.6. The molecule has 0 bridgehead atoms. The Morgan fingerprint density at radius 1 is 1.25 bits per heavy atom. The van der Waals surface area contributed by atoms with Crippen LogP contribution in [0.2, 0.25) is 0 Å². The number of nitrogens with one attached hydrogen (secondary N) is 2. The minimum absolute atomic E-state index is 0.0861. The lowest BCUT2D eigenvalue weighted by atomic mass is 10.1. The van der Waals surface area contributed by atoms with Crippen LogP contribution in [0.1, 0.15) is 25.8 Å². The monoisotopic (exact) mass is 278 g/mol. The van der Waals surface area contributed by atoms with E-state index >= 15 is 0 Å². The zero-order chi connectivity index (χ0) is 15.1. The normalized spacial score (nSPS) is 10.2. The molecule has 0 fully saturated rings. The summed E-state index contributed by atoms with van der Waals surface area (Å²) in [5.74, 6) is -1.92. The van der Waals surface area contributed by atoms with Crippen LogP contribution in [0.4, 0.5) is 5.69 Å². The van der Waals surface area contributed by atoms with Gasteiger partial charge in [0.1, 0.15) is 6.42 Å². The molecule has 1 rings (SSSR count). The zero-order valence-corrected chi connectivity index (χ0v) is 11.5. The molecular weight excluding hydrogens is 260 g/mol. The van der Waals surface area contributed by atoms with Crippen molar-refractivity contribution in [1.29, 1.82) is 0 Å². The van der Waals surface area contributed by atoms with Crippen LogP contribution in [0, 0.1) is 5.92 Å². The van der Waals surface area contributed by atoms with Gasteiger partial charge in [-0.2, -0.15) is 0 Å². The smallest absolute Gasteiger partial charge is 0.312 e. The number of carbonyl (C=O) groups is 3. The van der Waals surface area contributed by atoms with Gasteiger partial charge in [0.2, 0.25) is 11.8 Å². The highest BCUT2D eigenvalue weighted by Gasteiger charge is 2.09. The van der Waals surface area contributed by atoms with Crippen molar-refractivity contribution in [2.24, 2.45) is 5.92 Å². The first-order valence-electron chi connectivity index (χ1n) is 6.26. The van der Waals surface area contributed by atoms with E-state index in [2.05, 4.69) is 10.6 Å². The van der Waals surface area contributed by atoms with Gasteiger partial charge < -0.3 is 15.7 Å². The van der Waals surface area contributed by atoms with Crippen LogP contribution < -0.4 is 10.6 Å². The SMILES string of the molecule is CC(C)C(=O)Nc1cccc(CNC(=O)CC(=O)O)c1. The second-order valence-corrected chi connectivity index (χ2v) is 4.69. The van der Waals surface area contributed by atoms with Crippen LogP contribution in [0.3, 0.4) is 0 Å². The van der Waals surface area contributed by atoms with Gasteiger partial charge in [0.05, 0.1) is 0 Å². The highest BCUT2D eigenvalue weighted by atomic mass is 16.4. The van der Waals surface area contributed by atoms with Gasteiger partial charge in [-0.15, -0.1) is 0 Å². The predicted octanol–water partition coefficient (Wildman–Crippen LogP) is 1.37. The summed E-state index contributed by atoms with van der Waals surface area (Å²) in [7, 11) is 0. The van der Waals surface area contributed by atoms with E-state index in [0.29, 0.717) is 5.69 Å². The molecular formula is C14H18N2O4. The van der Waals surface area contributed by atoms with Gasteiger partial charge in [-0.25, -0.2) is 0 Å². The van der Waals surface area contributed by atoms with Crippen LogP contribution in [0.5, 0.6) is 0 Å². The van der Waals surface area contributed by atoms with Crippen LogP contribution in [-0.2, 0) is 20.9 Å². The summed E-state index contributed by atoms with van der Waals surface area (Å²) < 4.78 is 0. The maximum Gasteiger partial charge on any atom is 0.312 e. The number of anilines is 1. The van der Waals surface area contributed by atoms with E-state index in [-0.39, 0.29) is 18.4 Å². The number of hydrogen-bond donors (Lipinski definition) is 3. The fraction of sp³-hybridized carbons (Fsp3) is 0.357. The molecule has 0 unspecified atom stereocenters. The van der Waals surface area contributed by atoms with E-state index in [4.69, 9.17) is 5.11 Å². The summed E-state index contributed by atoms with van der Waals surface area (Å²) in [5, 5.41) is 13.7. The molecule has 1 aromatic carbocycles. The van der Waals surface area contributed by atoms with Crippen molar-refractivity contribution in [2.75, 3.05) is 5.32 Å². The molecule has 0 aliphatic carbocycles. The lowest BCUT2D eigenvalue weighted by Crippen LogP contribution is -2.25. The van der Waals surface area contributed by atoms with Gasteiger partial charge in [-0.3, -0.25) is 14.4 Å². The number of amides is 2. The summed E-state index contributed by atoms with van der Waals surface area (Å²) in [4.78, 5) is 33.1. The molecule has 2 amide bonds. The highest BCUT2D eigenvalue weighted by molar-refractivity contribution is 5.93. The molecule has 6 nitrogen and oxygen atoms in total. The predicted molar refractivity (Wildman–Crippen MR) is 74.0 cm³/mol. The van der Waals surface area contributed by atoms with Crippen LogP contribution in [0.15, 0.2) is 24.3 Å². The number of hydrogen-bond acceptors (Lipinski definition) is 3. The molecule has 0 spiro atoms. The van der Waals surface area contributed by atoms with Gasteiger partial charge in [0, 0.05) is 18.2 Å². The molecule has 0 aromatic heterocycles. The van der Waals surface area contributed by atoms with Gasteiger partial charge >= 0.3 is 5.97 Å². The number of benzene rings is 1. The average molecular weight is 278 g/mol. The lowest BCUT2D eigenvalue weighted by Gasteiger charge is -2.09. The van der Waals surface area contributed by atoms with Crippen LogP contribution in [-0.4, -0.2) is 22.9 Å². The third-order valence-electron chi connectivity index (χ3n) is 2.52. The molecule has 0 saturated carbocycles. The molecule has 0 saturated heterocycles. The Hall–Kier alpha value is -2.37. The van der Waals surface area contributed by atoms with E-state index in [1.165, 1.54) is 0 Å². The van der Waals surface area contributed by atoms with Crippen molar-refractivity contribution in [3.05, 3.63) is 29.8 Å². The molecule has 3 N–H and O–H groups in total. The van der Waals surface area contributed by atoms with Crippen molar-refractivity contribution < 1.29 is 19.5 Å². The Morgan fingerprint density at radius 2 is 1.95 bits per heavy atom. The second-order valence-electron chi connectivity index (χ2n) is 4.69. The minimum Gasteiger partial charge on any atom is -0.481 e. The molecule has 0 radical (unpaired) electrons. The first-order chi connectivity index (χ1) is 9.38. The first-order valence-corrected chi connectivity index (χ1v) is 6.26. The van der Waals surface area contributed by atoms with Crippen molar-refractivity contribution >= 4 is 23.5 Å². The Bertz CT molecular complexity index is 512. The van der Waals surface area contributed by atoms with Crippen molar-refractivity contribution in [3.63, 3.8) is 0 Å². The number of carboxylic acids is 1. The molecule has 0 atom stereocenters. The summed E-state index contributed by atoms with van der Waals surface area (Å²) in [6.45, 7) is 3.81. The van der Waals surface area contributed by atoms with E-state index in [1.54, 1.807) is 38.1 Å². The Labute approximate surface area is 117 Å². The molecule has 20 heavy (non-hydrogen) atoms. The minimum atomic E-state index is -1.17. The fourth-order valence-electron chi connectivity index (χ4n) is 1.45. The standard InChI is InChI=1S/C14H18N2O4/c1-9(2)14(20)16-11-5-3-4-10(6-11)8-15-12(17)7-13(18)19/h3-6,9H,7-8H2,1-2H3,(H,15,17)(H,16,20)(H,18,19). The van der Waals surface area contributed by atoms with Gasteiger partial charge in [0.25, 0.3) is 0 Å². The molecule has 1 aromatic rings. The van der Waals surface area contributed by atoms with Gasteiger partial charge in [-0.05, 0) is 17.7 Å². The molecule has 0 aliphatic heterocycles. The van der Waals surface area contributed by atoms with Crippen molar-refractivity contribution in [2.45, 2.75) is 26.8 Å². The number of carboxylic acid groups (broad SMARTS) is 1. The van der Waals surface area contributed by atoms with Crippen LogP contribution >= 0.6 is 0 Å². The quantitative estimate of drug-likeness (QED) is 0.685. The molecule has 0 heterocycles. The van der Waals surface area contributed by atoms with E-state index in [0.717, 1.165) is 5.56 Å². The summed E-state index contributed by atoms with van der Waals surface area (Å²) in [6.07, 6.45) is -0.552. The average Bonchev–Trinajstić information content (AvgIpc) is 2.36. The highest BCUT2D eigenvalue weighted by Crippen LogP contribution is 2.11. The van der Waals surface area contributed by atoms with E-state index in [1.807, 2.05) is 0 Å². The van der Waals surface area contributed by atoms with Crippen molar-refractivity contribution in [1.82, 2.24) is 5.32 Å². The van der Waals surface area contributed by atoms with Crippen molar-refractivity contribution in [3.8, 4) is 0 Å². The Balaban J connectivity index is 2.58. The third kappa shape index (κ3) is 5.51. The maximum atomic E-state index is 11.6. The third-order valence-corrected chi connectivity index (χ3v) is 2.52. The number of carbonyl (C=O) groups excluding carboxylic acids is 2. The summed E-state index contributed by atoms with van der Waals surface area (Å²) >= 11 is 0. The summed E-state index contributed by atoms with van der Waals surface area (Å²) in [6, 6.07) is 7.03. The van der Waals surface area contributed by atoms with E-state index < -0.39 is 18.3 Å². The molecule has 0 aliphatic rings. The molecule has 6 heteroatoms. The van der Waals surface area contributed by atoms with E-state index in [9.17, 15) is 14.4 Å². The number of rotatable bonds is 6. The first kappa shape index (κ1) is 15.7. The summed E-state index contributed by atoms with van der Waals surface area (Å²) in [5.41, 5.74) is 1.43. The van der Waals surface area contributed by atoms with Gasteiger partial charge in [-0.1, -0.05) is 26.0 Å². The van der Waals surface area contributed by atoms with Crippen LogP contribution in [0.25, 0.3) is 0 Å². The largest absolute Gasteiger partial charge is 0.481 e. The fourth-order valence-corrected chi connectivity index (χ4v) is 1.45. The zero-order valence-electron chi connectivity index (χ0n) is 11.5. The Kier molecular flexibility index (Phi) is 5.71. The number of aliphatic carboxylic acids is 1.